The van der Waals surface area contributed by atoms with Crippen molar-refractivity contribution in [3.63, 3.8) is 0 Å². The standard InChI is InChI=1S/C11H16ClNO2/c1-7-4-10(13-6-8(2)14)11(15-3)5-9(7)12/h4-5,8,13-14H,6H2,1-3H3/t8-/m0/s1. The maximum absolute atomic E-state index is 9.17. The zero-order chi connectivity index (χ0) is 11.4. The molecule has 1 atom stereocenters. The summed E-state index contributed by atoms with van der Waals surface area (Å²) in [5, 5.41) is 12.9. The number of hydrogen-bond acceptors (Lipinski definition) is 3. The van der Waals surface area contributed by atoms with Crippen LogP contribution in [-0.2, 0) is 0 Å². The number of rotatable bonds is 4. The van der Waals surface area contributed by atoms with E-state index in [2.05, 4.69) is 5.32 Å². The molecule has 0 saturated heterocycles. The van der Waals surface area contributed by atoms with Crippen LogP contribution in [0.5, 0.6) is 5.75 Å². The number of halogens is 1. The number of aryl methyl sites for hydroxylation is 1. The Bertz CT molecular complexity index is 340. The van der Waals surface area contributed by atoms with Gasteiger partial charge in [-0.1, -0.05) is 11.6 Å². The lowest BCUT2D eigenvalue weighted by molar-refractivity contribution is 0.208. The van der Waals surface area contributed by atoms with Crippen molar-refractivity contribution in [1.29, 1.82) is 0 Å². The molecule has 0 aliphatic rings. The van der Waals surface area contributed by atoms with Crippen LogP contribution in [0.3, 0.4) is 0 Å². The van der Waals surface area contributed by atoms with Gasteiger partial charge in [-0.15, -0.1) is 0 Å². The number of nitrogens with one attached hydrogen (secondary N) is 1. The zero-order valence-electron chi connectivity index (χ0n) is 9.17. The third-order valence-corrected chi connectivity index (χ3v) is 2.48. The van der Waals surface area contributed by atoms with Gasteiger partial charge in [0.1, 0.15) is 5.75 Å². The summed E-state index contributed by atoms with van der Waals surface area (Å²) in [6, 6.07) is 3.67. The molecule has 0 aliphatic carbocycles. The molecule has 4 heteroatoms. The Balaban J connectivity index is 2.89. The van der Waals surface area contributed by atoms with E-state index in [9.17, 15) is 5.11 Å². The molecule has 15 heavy (non-hydrogen) atoms. The molecule has 0 fully saturated rings. The first kappa shape index (κ1) is 12.1. The normalized spacial score (nSPS) is 12.3. The largest absolute Gasteiger partial charge is 0.495 e. The predicted molar refractivity (Wildman–Crippen MR) is 62.9 cm³/mol. The number of ether oxygens (including phenoxy) is 1. The van der Waals surface area contributed by atoms with Crippen LogP contribution in [0.2, 0.25) is 5.02 Å². The Morgan fingerprint density at radius 2 is 2.20 bits per heavy atom. The maximum atomic E-state index is 9.17. The monoisotopic (exact) mass is 229 g/mol. The van der Waals surface area contributed by atoms with Crippen molar-refractivity contribution in [2.75, 3.05) is 19.0 Å². The van der Waals surface area contributed by atoms with E-state index in [0.29, 0.717) is 17.3 Å². The average Bonchev–Trinajstić information content (AvgIpc) is 2.19. The highest BCUT2D eigenvalue weighted by Gasteiger charge is 2.07. The second-order valence-corrected chi connectivity index (χ2v) is 3.94. The fraction of sp³-hybridized carbons (Fsp3) is 0.455. The molecule has 0 amide bonds. The van der Waals surface area contributed by atoms with Gasteiger partial charge in [-0.2, -0.15) is 0 Å². The topological polar surface area (TPSA) is 41.5 Å². The van der Waals surface area contributed by atoms with Gasteiger partial charge in [-0.3, -0.25) is 0 Å². The van der Waals surface area contributed by atoms with E-state index < -0.39 is 6.10 Å². The van der Waals surface area contributed by atoms with Crippen molar-refractivity contribution in [3.05, 3.63) is 22.7 Å². The minimum Gasteiger partial charge on any atom is -0.495 e. The van der Waals surface area contributed by atoms with Gasteiger partial charge in [-0.25, -0.2) is 0 Å². The van der Waals surface area contributed by atoms with Gasteiger partial charge in [0.25, 0.3) is 0 Å². The molecular weight excluding hydrogens is 214 g/mol. The third-order valence-electron chi connectivity index (χ3n) is 2.07. The van der Waals surface area contributed by atoms with Gasteiger partial charge in [-0.05, 0) is 25.5 Å². The second kappa shape index (κ2) is 5.24. The average molecular weight is 230 g/mol. The van der Waals surface area contributed by atoms with Gasteiger partial charge in [0.2, 0.25) is 0 Å². The van der Waals surface area contributed by atoms with Crippen LogP contribution >= 0.6 is 11.6 Å². The van der Waals surface area contributed by atoms with E-state index in [1.54, 1.807) is 20.1 Å². The van der Waals surface area contributed by atoms with E-state index >= 15 is 0 Å². The van der Waals surface area contributed by atoms with Crippen LogP contribution in [0.15, 0.2) is 12.1 Å². The van der Waals surface area contributed by atoms with Gasteiger partial charge >= 0.3 is 0 Å². The number of aliphatic hydroxyl groups is 1. The van der Waals surface area contributed by atoms with Gasteiger partial charge < -0.3 is 15.2 Å². The molecule has 0 bridgehead atoms. The lowest BCUT2D eigenvalue weighted by Crippen LogP contribution is -2.15. The Labute approximate surface area is 95.0 Å². The third kappa shape index (κ3) is 3.29. The second-order valence-electron chi connectivity index (χ2n) is 3.53. The molecule has 0 saturated carbocycles. The minimum atomic E-state index is -0.398. The first-order chi connectivity index (χ1) is 7.04. The summed E-state index contributed by atoms with van der Waals surface area (Å²) < 4.78 is 5.18. The Morgan fingerprint density at radius 1 is 1.53 bits per heavy atom. The quantitative estimate of drug-likeness (QED) is 0.834. The van der Waals surface area contributed by atoms with Crippen molar-refractivity contribution < 1.29 is 9.84 Å². The van der Waals surface area contributed by atoms with Crippen LogP contribution in [0.1, 0.15) is 12.5 Å². The maximum Gasteiger partial charge on any atom is 0.143 e. The molecule has 0 spiro atoms. The molecule has 0 aromatic heterocycles. The molecule has 1 rings (SSSR count). The Kier molecular flexibility index (Phi) is 4.24. The summed E-state index contributed by atoms with van der Waals surface area (Å²) in [5.74, 6) is 0.686. The molecule has 1 aromatic rings. The number of anilines is 1. The van der Waals surface area contributed by atoms with Gasteiger partial charge in [0.15, 0.2) is 0 Å². The van der Waals surface area contributed by atoms with E-state index in [-0.39, 0.29) is 0 Å². The SMILES string of the molecule is COc1cc(Cl)c(C)cc1NC[C@H](C)O. The van der Waals surface area contributed by atoms with Crippen LogP contribution in [0.4, 0.5) is 5.69 Å². The highest BCUT2D eigenvalue weighted by atomic mass is 35.5. The number of hydrogen-bond donors (Lipinski definition) is 2. The molecule has 0 heterocycles. The van der Waals surface area contributed by atoms with Crippen molar-refractivity contribution in [3.8, 4) is 5.75 Å². The van der Waals surface area contributed by atoms with Crippen molar-refractivity contribution in [1.82, 2.24) is 0 Å². The summed E-state index contributed by atoms with van der Waals surface area (Å²) in [7, 11) is 1.59. The smallest absolute Gasteiger partial charge is 0.143 e. The summed E-state index contributed by atoms with van der Waals surface area (Å²) in [4.78, 5) is 0. The fourth-order valence-electron chi connectivity index (χ4n) is 1.23. The molecule has 0 aliphatic heterocycles. The lowest BCUT2D eigenvalue weighted by atomic mass is 10.2. The van der Waals surface area contributed by atoms with E-state index in [1.807, 2.05) is 13.0 Å². The van der Waals surface area contributed by atoms with E-state index in [4.69, 9.17) is 16.3 Å². The van der Waals surface area contributed by atoms with E-state index in [0.717, 1.165) is 11.3 Å². The van der Waals surface area contributed by atoms with Crippen molar-refractivity contribution in [2.45, 2.75) is 20.0 Å². The predicted octanol–water partition coefficient (Wildman–Crippen LogP) is 2.45. The van der Waals surface area contributed by atoms with Crippen LogP contribution in [0.25, 0.3) is 0 Å². The van der Waals surface area contributed by atoms with Crippen LogP contribution in [-0.4, -0.2) is 24.9 Å². The summed E-state index contributed by atoms with van der Waals surface area (Å²) >= 11 is 5.97. The van der Waals surface area contributed by atoms with Gasteiger partial charge in [0, 0.05) is 17.6 Å². The molecule has 2 N–H and O–H groups in total. The first-order valence-corrected chi connectivity index (χ1v) is 5.18. The number of aliphatic hydroxyl groups excluding tert-OH is 1. The zero-order valence-corrected chi connectivity index (χ0v) is 9.93. The highest BCUT2D eigenvalue weighted by molar-refractivity contribution is 6.31. The van der Waals surface area contributed by atoms with Gasteiger partial charge in [0.05, 0.1) is 18.9 Å². The molecule has 84 valence electrons. The Morgan fingerprint density at radius 3 is 2.73 bits per heavy atom. The number of benzene rings is 1. The fourth-order valence-corrected chi connectivity index (χ4v) is 1.38. The molecule has 3 nitrogen and oxygen atoms in total. The van der Waals surface area contributed by atoms with E-state index in [1.165, 1.54) is 0 Å². The number of methoxy groups -OCH3 is 1. The highest BCUT2D eigenvalue weighted by Crippen LogP contribution is 2.30. The molecule has 0 unspecified atom stereocenters. The first-order valence-electron chi connectivity index (χ1n) is 4.80. The summed E-state index contributed by atoms with van der Waals surface area (Å²) in [5.41, 5.74) is 1.82. The van der Waals surface area contributed by atoms with Crippen LogP contribution < -0.4 is 10.1 Å². The van der Waals surface area contributed by atoms with Crippen molar-refractivity contribution in [2.24, 2.45) is 0 Å². The summed E-state index contributed by atoms with van der Waals surface area (Å²) in [6.07, 6.45) is -0.398. The van der Waals surface area contributed by atoms with Crippen molar-refractivity contribution >= 4 is 17.3 Å². The Hall–Kier alpha value is -0.930. The molecule has 1 aromatic carbocycles. The minimum absolute atomic E-state index is 0.398. The lowest BCUT2D eigenvalue weighted by Gasteiger charge is -2.14. The summed E-state index contributed by atoms with van der Waals surface area (Å²) in [6.45, 7) is 4.13. The molecule has 0 radical (unpaired) electrons. The van der Waals surface area contributed by atoms with Crippen LogP contribution in [0, 0.1) is 6.92 Å². The molecular formula is C11H16ClNO2.